The summed E-state index contributed by atoms with van der Waals surface area (Å²) in [5.74, 6) is 0. The van der Waals surface area contributed by atoms with Crippen LogP contribution in [0.25, 0.3) is 0 Å². The smallest absolute Gasteiger partial charge is 0.117 e. The standard InChI is InChI=1S/C16H16ClNO2/c1-2-20-18-16(12-7-9-14(17)10-8-12)15-6-4-3-5-13(15)11-19/h3-10,19H,2,11H2,1H3. The van der Waals surface area contributed by atoms with E-state index in [-0.39, 0.29) is 6.61 Å². The highest BCUT2D eigenvalue weighted by atomic mass is 35.5. The molecule has 0 saturated carbocycles. The molecule has 0 aliphatic heterocycles. The lowest BCUT2D eigenvalue weighted by atomic mass is 9.98. The van der Waals surface area contributed by atoms with Crippen molar-refractivity contribution in [1.82, 2.24) is 0 Å². The van der Waals surface area contributed by atoms with Crippen LogP contribution in [0.15, 0.2) is 53.7 Å². The molecule has 104 valence electrons. The lowest BCUT2D eigenvalue weighted by Gasteiger charge is -2.11. The third kappa shape index (κ3) is 3.38. The SMILES string of the molecule is CCON=C(c1ccc(Cl)cc1)c1ccccc1CO. The van der Waals surface area contributed by atoms with Gasteiger partial charge in [-0.25, -0.2) is 0 Å². The monoisotopic (exact) mass is 289 g/mol. The van der Waals surface area contributed by atoms with Crippen molar-refractivity contribution >= 4 is 17.3 Å². The molecular formula is C16H16ClNO2. The van der Waals surface area contributed by atoms with Crippen molar-refractivity contribution in [3.63, 3.8) is 0 Å². The number of benzene rings is 2. The summed E-state index contributed by atoms with van der Waals surface area (Å²) in [6, 6.07) is 15.0. The molecule has 20 heavy (non-hydrogen) atoms. The van der Waals surface area contributed by atoms with Gasteiger partial charge in [-0.15, -0.1) is 0 Å². The van der Waals surface area contributed by atoms with Crippen LogP contribution in [-0.4, -0.2) is 17.4 Å². The average molecular weight is 290 g/mol. The molecule has 0 radical (unpaired) electrons. The van der Waals surface area contributed by atoms with Gasteiger partial charge >= 0.3 is 0 Å². The molecule has 2 rings (SSSR count). The fourth-order valence-corrected chi connectivity index (χ4v) is 2.01. The molecule has 0 heterocycles. The first kappa shape index (κ1) is 14.6. The first-order valence-corrected chi connectivity index (χ1v) is 6.79. The molecule has 0 aliphatic rings. The highest BCUT2D eigenvalue weighted by Gasteiger charge is 2.12. The van der Waals surface area contributed by atoms with E-state index < -0.39 is 0 Å². The maximum Gasteiger partial charge on any atom is 0.117 e. The molecular weight excluding hydrogens is 274 g/mol. The number of hydrogen-bond acceptors (Lipinski definition) is 3. The highest BCUT2D eigenvalue weighted by Crippen LogP contribution is 2.18. The van der Waals surface area contributed by atoms with Gasteiger partial charge in [0, 0.05) is 16.1 Å². The lowest BCUT2D eigenvalue weighted by molar-refractivity contribution is 0.159. The zero-order valence-corrected chi connectivity index (χ0v) is 12.0. The van der Waals surface area contributed by atoms with Crippen LogP contribution < -0.4 is 0 Å². The van der Waals surface area contributed by atoms with Gasteiger partial charge in [0.2, 0.25) is 0 Å². The minimum Gasteiger partial charge on any atom is -0.396 e. The van der Waals surface area contributed by atoms with Gasteiger partial charge in [0.05, 0.1) is 6.61 Å². The summed E-state index contributed by atoms with van der Waals surface area (Å²) >= 11 is 5.91. The van der Waals surface area contributed by atoms with Crippen LogP contribution in [0, 0.1) is 0 Å². The first-order chi connectivity index (χ1) is 9.76. The Balaban J connectivity index is 2.50. The summed E-state index contributed by atoms with van der Waals surface area (Å²) in [5, 5.41) is 14.3. The second-order valence-electron chi connectivity index (χ2n) is 4.18. The number of aliphatic hydroxyl groups excluding tert-OH is 1. The minimum atomic E-state index is -0.0467. The van der Waals surface area contributed by atoms with E-state index in [0.29, 0.717) is 17.3 Å². The van der Waals surface area contributed by atoms with Crippen LogP contribution in [0.5, 0.6) is 0 Å². The molecule has 2 aromatic carbocycles. The predicted molar refractivity (Wildman–Crippen MR) is 81.1 cm³/mol. The van der Waals surface area contributed by atoms with E-state index in [1.807, 2.05) is 43.3 Å². The molecule has 0 unspecified atom stereocenters. The summed E-state index contributed by atoms with van der Waals surface area (Å²) in [6.07, 6.45) is 0. The normalized spacial score (nSPS) is 11.4. The molecule has 0 spiro atoms. The molecule has 0 atom stereocenters. The van der Waals surface area contributed by atoms with Crippen LogP contribution in [0.4, 0.5) is 0 Å². The molecule has 0 saturated heterocycles. The number of aliphatic hydroxyl groups is 1. The van der Waals surface area contributed by atoms with Crippen LogP contribution in [-0.2, 0) is 11.4 Å². The molecule has 3 nitrogen and oxygen atoms in total. The van der Waals surface area contributed by atoms with Gasteiger partial charge < -0.3 is 9.94 Å². The van der Waals surface area contributed by atoms with Crippen molar-refractivity contribution in [2.24, 2.45) is 5.16 Å². The number of rotatable bonds is 5. The fourth-order valence-electron chi connectivity index (χ4n) is 1.88. The van der Waals surface area contributed by atoms with Crippen molar-refractivity contribution in [3.05, 3.63) is 70.2 Å². The van der Waals surface area contributed by atoms with E-state index in [0.717, 1.165) is 16.7 Å². The van der Waals surface area contributed by atoms with Crippen LogP contribution >= 0.6 is 11.6 Å². The number of hydrogen-bond donors (Lipinski definition) is 1. The Kier molecular flexibility index (Phi) is 5.16. The van der Waals surface area contributed by atoms with Crippen LogP contribution in [0.1, 0.15) is 23.6 Å². The summed E-state index contributed by atoms with van der Waals surface area (Å²) < 4.78 is 0. The zero-order valence-electron chi connectivity index (χ0n) is 11.2. The third-order valence-corrected chi connectivity index (χ3v) is 3.10. The molecule has 0 amide bonds. The van der Waals surface area contributed by atoms with Gasteiger partial charge in [-0.05, 0) is 24.6 Å². The summed E-state index contributed by atoms with van der Waals surface area (Å²) in [7, 11) is 0. The van der Waals surface area contributed by atoms with Gasteiger partial charge in [0.15, 0.2) is 0 Å². The molecule has 0 bridgehead atoms. The van der Waals surface area contributed by atoms with E-state index in [2.05, 4.69) is 5.16 Å². The number of oxime groups is 1. The van der Waals surface area contributed by atoms with Crippen molar-refractivity contribution in [1.29, 1.82) is 0 Å². The quantitative estimate of drug-likeness (QED) is 0.675. The van der Waals surface area contributed by atoms with Crippen molar-refractivity contribution in [2.75, 3.05) is 6.61 Å². The molecule has 0 fully saturated rings. The topological polar surface area (TPSA) is 41.8 Å². The number of halogens is 1. The van der Waals surface area contributed by atoms with Crippen LogP contribution in [0.3, 0.4) is 0 Å². The Bertz CT molecular complexity index is 594. The lowest BCUT2D eigenvalue weighted by Crippen LogP contribution is -2.08. The Morgan fingerprint density at radius 1 is 1.15 bits per heavy atom. The van der Waals surface area contributed by atoms with Crippen molar-refractivity contribution in [2.45, 2.75) is 13.5 Å². The van der Waals surface area contributed by atoms with Gasteiger partial charge in [-0.1, -0.05) is 53.2 Å². The van der Waals surface area contributed by atoms with Gasteiger partial charge in [0.1, 0.15) is 12.3 Å². The van der Waals surface area contributed by atoms with Gasteiger partial charge in [-0.2, -0.15) is 0 Å². The van der Waals surface area contributed by atoms with E-state index >= 15 is 0 Å². The van der Waals surface area contributed by atoms with Gasteiger partial charge in [-0.3, -0.25) is 0 Å². The molecule has 4 heteroatoms. The van der Waals surface area contributed by atoms with E-state index in [9.17, 15) is 5.11 Å². The Hall–Kier alpha value is -1.84. The fraction of sp³-hybridized carbons (Fsp3) is 0.188. The van der Waals surface area contributed by atoms with Crippen LogP contribution in [0.2, 0.25) is 5.02 Å². The second-order valence-corrected chi connectivity index (χ2v) is 4.62. The first-order valence-electron chi connectivity index (χ1n) is 6.41. The van der Waals surface area contributed by atoms with E-state index in [1.54, 1.807) is 12.1 Å². The average Bonchev–Trinajstić information content (AvgIpc) is 2.50. The van der Waals surface area contributed by atoms with E-state index in [4.69, 9.17) is 16.4 Å². The largest absolute Gasteiger partial charge is 0.396 e. The maximum absolute atomic E-state index is 9.47. The Morgan fingerprint density at radius 3 is 2.50 bits per heavy atom. The molecule has 1 N–H and O–H groups in total. The van der Waals surface area contributed by atoms with Crippen molar-refractivity contribution in [3.8, 4) is 0 Å². The summed E-state index contributed by atoms with van der Waals surface area (Å²) in [6.45, 7) is 2.31. The summed E-state index contributed by atoms with van der Waals surface area (Å²) in [4.78, 5) is 5.21. The van der Waals surface area contributed by atoms with Gasteiger partial charge in [0.25, 0.3) is 0 Å². The molecule has 2 aromatic rings. The maximum atomic E-state index is 9.47. The molecule has 0 aliphatic carbocycles. The highest BCUT2D eigenvalue weighted by molar-refractivity contribution is 6.30. The zero-order chi connectivity index (χ0) is 14.4. The van der Waals surface area contributed by atoms with Crippen molar-refractivity contribution < 1.29 is 9.94 Å². The molecule has 0 aromatic heterocycles. The minimum absolute atomic E-state index is 0.0467. The Morgan fingerprint density at radius 2 is 1.85 bits per heavy atom. The number of nitrogens with zero attached hydrogens (tertiary/aromatic N) is 1. The predicted octanol–water partition coefficient (Wildman–Crippen LogP) is 3.62. The van der Waals surface area contributed by atoms with E-state index in [1.165, 1.54) is 0 Å². The summed E-state index contributed by atoms with van der Waals surface area (Å²) in [5.41, 5.74) is 3.24. The Labute approximate surface area is 123 Å². The third-order valence-electron chi connectivity index (χ3n) is 2.85. The second kappa shape index (κ2) is 7.08.